The van der Waals surface area contributed by atoms with Gasteiger partial charge in [0.25, 0.3) is 0 Å². The Bertz CT molecular complexity index is 555. The Morgan fingerprint density at radius 1 is 1.00 bits per heavy atom. The van der Waals surface area contributed by atoms with Gasteiger partial charge in [-0.15, -0.1) is 0 Å². The van der Waals surface area contributed by atoms with Gasteiger partial charge in [-0.2, -0.15) is 0 Å². The van der Waals surface area contributed by atoms with Crippen LogP contribution in [0.4, 0.5) is 0 Å². The maximum absolute atomic E-state index is 6.33. The van der Waals surface area contributed by atoms with Crippen molar-refractivity contribution < 1.29 is 0 Å². The van der Waals surface area contributed by atoms with Crippen LogP contribution in [0.2, 0.25) is 0 Å². The van der Waals surface area contributed by atoms with Crippen molar-refractivity contribution in [1.29, 1.82) is 0 Å². The zero-order valence-electron chi connectivity index (χ0n) is 11.6. The Hall–Kier alpha value is -1.12. The van der Waals surface area contributed by atoms with Gasteiger partial charge in [0.05, 0.1) is 0 Å². The summed E-state index contributed by atoms with van der Waals surface area (Å²) in [7, 11) is 0. The molecule has 1 atom stereocenters. The predicted molar refractivity (Wildman–Crippen MR) is 87.8 cm³/mol. The summed E-state index contributed by atoms with van der Waals surface area (Å²) in [6.07, 6.45) is 4.97. The molecule has 0 spiro atoms. The van der Waals surface area contributed by atoms with Gasteiger partial charge < -0.3 is 5.73 Å². The molecule has 2 aromatic rings. The molecule has 20 heavy (non-hydrogen) atoms. The predicted octanol–water partition coefficient (Wildman–Crippen LogP) is 4.96. The van der Waals surface area contributed by atoms with Crippen molar-refractivity contribution in [1.82, 2.24) is 0 Å². The Morgan fingerprint density at radius 3 is 2.20 bits per heavy atom. The number of nitrogens with two attached hydrogens (primary N) is 1. The first kappa shape index (κ1) is 13.8. The summed E-state index contributed by atoms with van der Waals surface area (Å²) in [5.41, 5.74) is 10.3. The molecule has 0 heterocycles. The van der Waals surface area contributed by atoms with Crippen LogP contribution in [-0.4, -0.2) is 0 Å². The van der Waals surface area contributed by atoms with Gasteiger partial charge in [0.2, 0.25) is 0 Å². The van der Waals surface area contributed by atoms with Crippen LogP contribution in [0.1, 0.15) is 47.9 Å². The fraction of sp³-hybridized carbons (Fsp3) is 0.333. The van der Waals surface area contributed by atoms with Crippen LogP contribution in [0, 0.1) is 0 Å². The zero-order chi connectivity index (χ0) is 13.9. The largest absolute Gasteiger partial charge is 0.324 e. The van der Waals surface area contributed by atoms with Crippen LogP contribution < -0.4 is 5.73 Å². The maximum atomic E-state index is 6.33. The third-order valence-corrected chi connectivity index (χ3v) is 4.84. The Labute approximate surface area is 129 Å². The van der Waals surface area contributed by atoms with Crippen LogP contribution in [0.15, 0.2) is 53.0 Å². The van der Waals surface area contributed by atoms with E-state index in [9.17, 15) is 0 Å². The average Bonchev–Trinajstić information content (AvgIpc) is 2.40. The zero-order valence-corrected chi connectivity index (χ0v) is 13.1. The minimum absolute atomic E-state index is 0.0756. The summed E-state index contributed by atoms with van der Waals surface area (Å²) in [6, 6.07) is 17.4. The fourth-order valence-electron chi connectivity index (χ4n) is 2.75. The number of benzene rings is 2. The molecule has 2 heteroatoms. The van der Waals surface area contributed by atoms with E-state index in [-0.39, 0.29) is 6.04 Å². The Balaban J connectivity index is 1.66. The second-order valence-corrected chi connectivity index (χ2v) is 6.65. The third kappa shape index (κ3) is 3.13. The van der Waals surface area contributed by atoms with E-state index in [4.69, 9.17) is 5.73 Å². The van der Waals surface area contributed by atoms with Crippen molar-refractivity contribution in [3.8, 4) is 0 Å². The van der Waals surface area contributed by atoms with Gasteiger partial charge in [0, 0.05) is 10.5 Å². The SMILES string of the molecule is NC(Cc1ccc(Br)cc1)c1ccc(C2CCC2)cc1. The Morgan fingerprint density at radius 2 is 1.65 bits per heavy atom. The molecule has 1 nitrogen and oxygen atoms in total. The van der Waals surface area contributed by atoms with E-state index in [1.165, 1.54) is 36.0 Å². The molecule has 2 aromatic carbocycles. The maximum Gasteiger partial charge on any atom is 0.0335 e. The average molecular weight is 330 g/mol. The molecule has 1 unspecified atom stereocenters. The number of halogens is 1. The van der Waals surface area contributed by atoms with Crippen molar-refractivity contribution in [3.05, 3.63) is 69.7 Å². The van der Waals surface area contributed by atoms with Gasteiger partial charge in [-0.25, -0.2) is 0 Å². The topological polar surface area (TPSA) is 26.0 Å². The first-order valence-corrected chi connectivity index (χ1v) is 8.11. The minimum atomic E-state index is 0.0756. The summed E-state index contributed by atoms with van der Waals surface area (Å²) in [5, 5.41) is 0. The van der Waals surface area contributed by atoms with Gasteiger partial charge in [0.15, 0.2) is 0 Å². The molecule has 2 N–H and O–H groups in total. The summed E-state index contributed by atoms with van der Waals surface area (Å²) in [6.45, 7) is 0. The number of hydrogen-bond donors (Lipinski definition) is 1. The molecule has 0 amide bonds. The van der Waals surface area contributed by atoms with E-state index in [0.29, 0.717) is 0 Å². The molecule has 104 valence electrons. The minimum Gasteiger partial charge on any atom is -0.324 e. The molecule has 0 aromatic heterocycles. The Kier molecular flexibility index (Phi) is 4.23. The normalized spacial score (nSPS) is 16.7. The fourth-order valence-corrected chi connectivity index (χ4v) is 3.01. The van der Waals surface area contributed by atoms with E-state index < -0.39 is 0 Å². The van der Waals surface area contributed by atoms with Gasteiger partial charge >= 0.3 is 0 Å². The second-order valence-electron chi connectivity index (χ2n) is 5.73. The van der Waals surface area contributed by atoms with Gasteiger partial charge in [-0.3, -0.25) is 0 Å². The van der Waals surface area contributed by atoms with Gasteiger partial charge in [-0.05, 0) is 54.0 Å². The van der Waals surface area contributed by atoms with Crippen molar-refractivity contribution >= 4 is 15.9 Å². The quantitative estimate of drug-likeness (QED) is 0.842. The molecular formula is C18H20BrN. The summed E-state index contributed by atoms with van der Waals surface area (Å²) >= 11 is 3.46. The van der Waals surface area contributed by atoms with E-state index in [2.05, 4.69) is 64.5 Å². The van der Waals surface area contributed by atoms with Crippen molar-refractivity contribution in [3.63, 3.8) is 0 Å². The highest BCUT2D eigenvalue weighted by molar-refractivity contribution is 9.10. The monoisotopic (exact) mass is 329 g/mol. The first-order chi connectivity index (χ1) is 9.72. The van der Waals surface area contributed by atoms with Crippen LogP contribution in [-0.2, 0) is 6.42 Å². The van der Waals surface area contributed by atoms with E-state index in [1.54, 1.807) is 0 Å². The molecule has 1 aliphatic rings. The molecule has 0 radical (unpaired) electrons. The molecule has 3 rings (SSSR count). The first-order valence-electron chi connectivity index (χ1n) is 7.32. The van der Waals surface area contributed by atoms with Crippen molar-refractivity contribution in [2.75, 3.05) is 0 Å². The lowest BCUT2D eigenvalue weighted by molar-refractivity contribution is 0.419. The van der Waals surface area contributed by atoms with Gasteiger partial charge in [-0.1, -0.05) is 58.7 Å². The number of rotatable bonds is 4. The van der Waals surface area contributed by atoms with Crippen molar-refractivity contribution in [2.45, 2.75) is 37.6 Å². The lowest BCUT2D eigenvalue weighted by Gasteiger charge is -2.26. The van der Waals surface area contributed by atoms with E-state index in [1.807, 2.05) is 0 Å². The standard InChI is InChI=1S/C18H20BrN/c19-17-10-4-13(5-11-17)12-18(20)16-8-6-15(7-9-16)14-2-1-3-14/h4-11,14,18H,1-3,12,20H2. The smallest absolute Gasteiger partial charge is 0.0335 e. The highest BCUT2D eigenvalue weighted by Gasteiger charge is 2.19. The van der Waals surface area contributed by atoms with Crippen LogP contribution >= 0.6 is 15.9 Å². The van der Waals surface area contributed by atoms with Crippen molar-refractivity contribution in [2.24, 2.45) is 5.73 Å². The lowest BCUT2D eigenvalue weighted by Crippen LogP contribution is -2.14. The number of hydrogen-bond acceptors (Lipinski definition) is 1. The molecule has 0 saturated heterocycles. The van der Waals surface area contributed by atoms with E-state index >= 15 is 0 Å². The summed E-state index contributed by atoms with van der Waals surface area (Å²) < 4.78 is 1.11. The molecule has 1 fully saturated rings. The van der Waals surface area contributed by atoms with E-state index in [0.717, 1.165) is 16.8 Å². The third-order valence-electron chi connectivity index (χ3n) is 4.31. The second kappa shape index (κ2) is 6.11. The molecule has 0 aliphatic heterocycles. The highest BCUT2D eigenvalue weighted by Crippen LogP contribution is 2.36. The molecule has 0 bridgehead atoms. The summed E-state index contributed by atoms with van der Waals surface area (Å²) in [5.74, 6) is 0.798. The summed E-state index contributed by atoms with van der Waals surface area (Å²) in [4.78, 5) is 0. The lowest BCUT2D eigenvalue weighted by atomic mass is 9.80. The highest BCUT2D eigenvalue weighted by atomic mass is 79.9. The van der Waals surface area contributed by atoms with Crippen LogP contribution in [0.25, 0.3) is 0 Å². The molecular weight excluding hydrogens is 310 g/mol. The molecule has 1 saturated carbocycles. The van der Waals surface area contributed by atoms with Crippen LogP contribution in [0.5, 0.6) is 0 Å². The van der Waals surface area contributed by atoms with Gasteiger partial charge in [0.1, 0.15) is 0 Å². The molecule has 1 aliphatic carbocycles. The van der Waals surface area contributed by atoms with Crippen LogP contribution in [0.3, 0.4) is 0 Å².